The molecule has 21 heavy (non-hydrogen) atoms. The maximum Gasteiger partial charge on any atom is 0.140 e. The molecule has 1 heterocycles. The molecule has 0 aliphatic carbocycles. The highest BCUT2D eigenvalue weighted by Gasteiger charge is 2.08. The van der Waals surface area contributed by atoms with Crippen molar-refractivity contribution in [1.29, 1.82) is 0 Å². The average Bonchev–Trinajstić information content (AvgIpc) is 2.91. The largest absolute Gasteiger partial charge is 0.327 e. The zero-order chi connectivity index (χ0) is 14.8. The lowest BCUT2D eigenvalue weighted by molar-refractivity contribution is 0.800. The minimum absolute atomic E-state index is 0.855. The van der Waals surface area contributed by atoms with Gasteiger partial charge in [0.2, 0.25) is 0 Å². The van der Waals surface area contributed by atoms with Gasteiger partial charge in [-0.2, -0.15) is 0 Å². The molecular formula is C18H17IN2. The van der Waals surface area contributed by atoms with Crippen LogP contribution in [-0.4, -0.2) is 9.55 Å². The van der Waals surface area contributed by atoms with Crippen molar-refractivity contribution in [2.24, 2.45) is 0 Å². The number of benzene rings is 2. The fourth-order valence-corrected chi connectivity index (χ4v) is 3.02. The van der Waals surface area contributed by atoms with Crippen LogP contribution in [-0.2, 0) is 6.54 Å². The van der Waals surface area contributed by atoms with Gasteiger partial charge in [-0.15, -0.1) is 0 Å². The SMILES string of the molecule is Cc1ccc(C)c(Cn2ccnc2-c2cccc(I)c2)c1. The average molecular weight is 388 g/mol. The summed E-state index contributed by atoms with van der Waals surface area (Å²) in [6.45, 7) is 5.16. The van der Waals surface area contributed by atoms with E-state index in [0.717, 1.165) is 17.9 Å². The van der Waals surface area contributed by atoms with E-state index in [4.69, 9.17) is 0 Å². The zero-order valence-corrected chi connectivity index (χ0v) is 14.3. The minimum Gasteiger partial charge on any atom is -0.327 e. The Morgan fingerprint density at radius 2 is 1.95 bits per heavy atom. The van der Waals surface area contributed by atoms with Gasteiger partial charge in [0.25, 0.3) is 0 Å². The van der Waals surface area contributed by atoms with Gasteiger partial charge in [0.15, 0.2) is 0 Å². The molecule has 0 radical (unpaired) electrons. The number of nitrogens with zero attached hydrogens (tertiary/aromatic N) is 2. The summed E-state index contributed by atoms with van der Waals surface area (Å²) in [4.78, 5) is 4.54. The molecule has 0 saturated heterocycles. The number of hydrogen-bond donors (Lipinski definition) is 0. The van der Waals surface area contributed by atoms with Gasteiger partial charge < -0.3 is 4.57 Å². The Balaban J connectivity index is 1.98. The van der Waals surface area contributed by atoms with Gasteiger partial charge in [0, 0.05) is 28.1 Å². The van der Waals surface area contributed by atoms with Crippen LogP contribution in [0.4, 0.5) is 0 Å². The van der Waals surface area contributed by atoms with Crippen LogP contribution in [0.25, 0.3) is 11.4 Å². The third-order valence-corrected chi connectivity index (χ3v) is 4.31. The number of hydrogen-bond acceptors (Lipinski definition) is 1. The molecule has 0 amide bonds. The Morgan fingerprint density at radius 1 is 1.10 bits per heavy atom. The van der Waals surface area contributed by atoms with Crippen molar-refractivity contribution < 1.29 is 0 Å². The molecule has 3 heteroatoms. The van der Waals surface area contributed by atoms with Crippen molar-refractivity contribution in [2.75, 3.05) is 0 Å². The lowest BCUT2D eigenvalue weighted by Gasteiger charge is -2.11. The van der Waals surface area contributed by atoms with Crippen molar-refractivity contribution in [3.63, 3.8) is 0 Å². The Labute approximate surface area is 139 Å². The maximum absolute atomic E-state index is 4.54. The smallest absolute Gasteiger partial charge is 0.140 e. The predicted octanol–water partition coefficient (Wildman–Crippen LogP) is 4.82. The second kappa shape index (κ2) is 6.02. The first-order chi connectivity index (χ1) is 10.1. The van der Waals surface area contributed by atoms with Gasteiger partial charge >= 0.3 is 0 Å². The normalized spacial score (nSPS) is 10.8. The van der Waals surface area contributed by atoms with Crippen LogP contribution in [0.1, 0.15) is 16.7 Å². The summed E-state index contributed by atoms with van der Waals surface area (Å²) in [7, 11) is 0. The lowest BCUT2D eigenvalue weighted by Crippen LogP contribution is -2.03. The third kappa shape index (κ3) is 3.18. The molecule has 0 spiro atoms. The first-order valence-electron chi connectivity index (χ1n) is 6.97. The van der Waals surface area contributed by atoms with Gasteiger partial charge in [-0.05, 0) is 59.7 Å². The van der Waals surface area contributed by atoms with Crippen molar-refractivity contribution in [3.8, 4) is 11.4 Å². The van der Waals surface area contributed by atoms with Crippen LogP contribution in [0.5, 0.6) is 0 Å². The first kappa shape index (κ1) is 14.3. The molecule has 2 aromatic carbocycles. The van der Waals surface area contributed by atoms with Gasteiger partial charge in [0.1, 0.15) is 5.82 Å². The molecule has 1 aromatic heterocycles. The summed E-state index contributed by atoms with van der Waals surface area (Å²) in [6, 6.07) is 15.1. The maximum atomic E-state index is 4.54. The molecule has 0 bridgehead atoms. The molecule has 0 fully saturated rings. The second-order valence-corrected chi connectivity index (χ2v) is 6.56. The van der Waals surface area contributed by atoms with Crippen LogP contribution in [0.2, 0.25) is 0 Å². The van der Waals surface area contributed by atoms with Crippen molar-refractivity contribution in [3.05, 3.63) is 75.1 Å². The van der Waals surface area contributed by atoms with E-state index in [9.17, 15) is 0 Å². The van der Waals surface area contributed by atoms with Crippen molar-refractivity contribution >= 4 is 22.6 Å². The molecule has 0 unspecified atom stereocenters. The monoisotopic (exact) mass is 388 g/mol. The quantitative estimate of drug-likeness (QED) is 0.589. The highest BCUT2D eigenvalue weighted by atomic mass is 127. The Bertz CT molecular complexity index is 774. The predicted molar refractivity (Wildman–Crippen MR) is 95.4 cm³/mol. The van der Waals surface area contributed by atoms with E-state index < -0.39 is 0 Å². The first-order valence-corrected chi connectivity index (χ1v) is 8.04. The van der Waals surface area contributed by atoms with E-state index in [2.05, 4.69) is 94.7 Å². The van der Waals surface area contributed by atoms with E-state index in [1.165, 1.54) is 20.3 Å². The Kier molecular flexibility index (Phi) is 4.10. The summed E-state index contributed by atoms with van der Waals surface area (Å²) in [5, 5.41) is 0. The van der Waals surface area contributed by atoms with E-state index >= 15 is 0 Å². The second-order valence-electron chi connectivity index (χ2n) is 5.32. The van der Waals surface area contributed by atoms with Crippen LogP contribution in [0, 0.1) is 17.4 Å². The standard InChI is InChI=1S/C18H17IN2/c1-13-6-7-14(2)16(10-13)12-21-9-8-20-18(21)15-4-3-5-17(19)11-15/h3-11H,12H2,1-2H3. The van der Waals surface area contributed by atoms with Gasteiger partial charge in [-0.3, -0.25) is 0 Å². The molecular weight excluding hydrogens is 371 g/mol. The van der Waals surface area contributed by atoms with E-state index in [1.807, 2.05) is 6.20 Å². The van der Waals surface area contributed by atoms with Crippen molar-refractivity contribution in [1.82, 2.24) is 9.55 Å². The van der Waals surface area contributed by atoms with Gasteiger partial charge in [-0.1, -0.05) is 35.9 Å². The Hall–Kier alpha value is -1.62. The highest BCUT2D eigenvalue weighted by molar-refractivity contribution is 14.1. The van der Waals surface area contributed by atoms with Crippen LogP contribution < -0.4 is 0 Å². The highest BCUT2D eigenvalue weighted by Crippen LogP contribution is 2.21. The minimum atomic E-state index is 0.855. The molecule has 3 rings (SSSR count). The summed E-state index contributed by atoms with van der Waals surface area (Å²) in [6.07, 6.45) is 3.93. The third-order valence-electron chi connectivity index (χ3n) is 3.64. The van der Waals surface area contributed by atoms with Gasteiger partial charge in [0.05, 0.1) is 0 Å². The number of halogens is 1. The van der Waals surface area contributed by atoms with Crippen LogP contribution >= 0.6 is 22.6 Å². The number of imidazole rings is 1. The molecule has 0 atom stereocenters. The van der Waals surface area contributed by atoms with Crippen molar-refractivity contribution in [2.45, 2.75) is 20.4 Å². The Morgan fingerprint density at radius 3 is 2.76 bits per heavy atom. The fourth-order valence-electron chi connectivity index (χ4n) is 2.48. The molecule has 106 valence electrons. The fraction of sp³-hybridized carbons (Fsp3) is 0.167. The molecule has 0 N–H and O–H groups in total. The van der Waals surface area contributed by atoms with Crippen LogP contribution in [0.3, 0.4) is 0 Å². The number of aryl methyl sites for hydroxylation is 2. The zero-order valence-electron chi connectivity index (χ0n) is 12.2. The van der Waals surface area contributed by atoms with Crippen LogP contribution in [0.15, 0.2) is 54.9 Å². The summed E-state index contributed by atoms with van der Waals surface area (Å²) < 4.78 is 3.44. The summed E-state index contributed by atoms with van der Waals surface area (Å²) in [5.74, 6) is 1.02. The molecule has 0 aliphatic heterocycles. The van der Waals surface area contributed by atoms with E-state index in [0.29, 0.717) is 0 Å². The molecule has 2 nitrogen and oxygen atoms in total. The molecule has 0 aliphatic rings. The lowest BCUT2D eigenvalue weighted by atomic mass is 10.1. The molecule has 0 saturated carbocycles. The van der Waals surface area contributed by atoms with Gasteiger partial charge in [-0.25, -0.2) is 4.98 Å². The number of aromatic nitrogens is 2. The van der Waals surface area contributed by atoms with E-state index in [1.54, 1.807) is 0 Å². The topological polar surface area (TPSA) is 17.8 Å². The number of rotatable bonds is 3. The molecule has 3 aromatic rings. The summed E-state index contributed by atoms with van der Waals surface area (Å²) >= 11 is 2.34. The van der Waals surface area contributed by atoms with E-state index in [-0.39, 0.29) is 0 Å². The summed E-state index contributed by atoms with van der Waals surface area (Å²) in [5.41, 5.74) is 5.13.